The minimum absolute atomic E-state index is 0.0271. The number of benzene rings is 2. The second kappa shape index (κ2) is 9.20. The summed E-state index contributed by atoms with van der Waals surface area (Å²) in [6.07, 6.45) is -3.41. The second-order valence-corrected chi connectivity index (χ2v) is 7.08. The molecule has 0 unspecified atom stereocenters. The summed E-state index contributed by atoms with van der Waals surface area (Å²) < 4.78 is 42.2. The van der Waals surface area contributed by atoms with E-state index in [4.69, 9.17) is 4.74 Å². The third-order valence-electron chi connectivity index (χ3n) is 5.02. The van der Waals surface area contributed by atoms with Crippen LogP contribution in [0.4, 0.5) is 18.9 Å². The van der Waals surface area contributed by atoms with Crippen molar-refractivity contribution < 1.29 is 22.7 Å². The summed E-state index contributed by atoms with van der Waals surface area (Å²) in [7, 11) is 0. The highest BCUT2D eigenvalue weighted by molar-refractivity contribution is 5.79. The number of para-hydroxylation sites is 1. The van der Waals surface area contributed by atoms with Gasteiger partial charge in [0.15, 0.2) is 6.61 Å². The molecule has 2 aromatic rings. The molecule has 7 heteroatoms. The van der Waals surface area contributed by atoms with Crippen molar-refractivity contribution in [2.75, 3.05) is 37.7 Å². The van der Waals surface area contributed by atoms with Crippen molar-refractivity contribution in [3.8, 4) is 5.75 Å². The zero-order valence-electron chi connectivity index (χ0n) is 16.4. The molecule has 1 fully saturated rings. The molecule has 0 radical (unpaired) electrons. The van der Waals surface area contributed by atoms with E-state index in [2.05, 4.69) is 30.0 Å². The molecule has 0 saturated carbocycles. The molecule has 3 rings (SSSR count). The number of halogens is 3. The van der Waals surface area contributed by atoms with Gasteiger partial charge in [-0.15, -0.1) is 0 Å². The lowest BCUT2D eigenvalue weighted by Crippen LogP contribution is -2.49. The first-order chi connectivity index (χ1) is 13.9. The first-order valence-electron chi connectivity index (χ1n) is 9.75. The molecule has 1 aliphatic rings. The highest BCUT2D eigenvalue weighted by Gasteiger charge is 2.29. The van der Waals surface area contributed by atoms with Gasteiger partial charge in [0.25, 0.3) is 0 Å². The van der Waals surface area contributed by atoms with Crippen LogP contribution >= 0.6 is 0 Å². The summed E-state index contributed by atoms with van der Waals surface area (Å²) in [5, 5.41) is 0. The molecule has 29 heavy (non-hydrogen) atoms. The Morgan fingerprint density at radius 2 is 1.76 bits per heavy atom. The fourth-order valence-electron chi connectivity index (χ4n) is 3.41. The molecule has 0 aliphatic carbocycles. The Balaban J connectivity index is 1.57. The minimum atomic E-state index is -4.41. The summed E-state index contributed by atoms with van der Waals surface area (Å²) in [6, 6.07) is 14.8. The number of rotatable bonds is 6. The molecule has 156 valence electrons. The Morgan fingerprint density at radius 3 is 2.45 bits per heavy atom. The molecule has 2 aromatic carbocycles. The van der Waals surface area contributed by atoms with Crippen LogP contribution in [-0.2, 0) is 17.6 Å². The number of anilines is 1. The Kier molecular flexibility index (Phi) is 6.67. The van der Waals surface area contributed by atoms with E-state index in [1.165, 1.54) is 11.6 Å². The van der Waals surface area contributed by atoms with E-state index >= 15 is 0 Å². The lowest BCUT2D eigenvalue weighted by atomic mass is 10.1. The summed E-state index contributed by atoms with van der Waals surface area (Å²) in [4.78, 5) is 16.7. The zero-order chi connectivity index (χ0) is 20.9. The normalized spacial score (nSPS) is 14.8. The highest BCUT2D eigenvalue weighted by atomic mass is 19.4. The average Bonchev–Trinajstić information content (AvgIpc) is 2.72. The lowest BCUT2D eigenvalue weighted by Gasteiger charge is -2.36. The zero-order valence-corrected chi connectivity index (χ0v) is 16.4. The largest absolute Gasteiger partial charge is 0.484 e. The molecule has 1 heterocycles. The predicted molar refractivity (Wildman–Crippen MR) is 106 cm³/mol. The Labute approximate surface area is 168 Å². The molecule has 0 bridgehead atoms. The summed E-state index contributed by atoms with van der Waals surface area (Å²) in [5.41, 5.74) is 2.90. The number of hydrogen-bond donors (Lipinski definition) is 0. The predicted octanol–water partition coefficient (Wildman–Crippen LogP) is 4.08. The molecule has 0 N–H and O–H groups in total. The van der Waals surface area contributed by atoms with Crippen LogP contribution < -0.4 is 9.64 Å². The van der Waals surface area contributed by atoms with Gasteiger partial charge in [-0.2, -0.15) is 13.2 Å². The quantitative estimate of drug-likeness (QED) is 0.725. The molecule has 4 nitrogen and oxygen atoms in total. The van der Waals surface area contributed by atoms with Gasteiger partial charge < -0.3 is 14.5 Å². The van der Waals surface area contributed by atoms with Gasteiger partial charge in [-0.1, -0.05) is 37.3 Å². The molecule has 1 amide bonds. The molecule has 0 aromatic heterocycles. The van der Waals surface area contributed by atoms with Gasteiger partial charge in [-0.25, -0.2) is 0 Å². The Morgan fingerprint density at radius 1 is 1.03 bits per heavy atom. The Bertz CT molecular complexity index is 831. The van der Waals surface area contributed by atoms with Gasteiger partial charge in [-0.3, -0.25) is 4.79 Å². The lowest BCUT2D eigenvalue weighted by molar-refractivity contribution is -0.153. The monoisotopic (exact) mass is 406 g/mol. The van der Waals surface area contributed by atoms with Crippen molar-refractivity contribution in [3.05, 3.63) is 59.7 Å². The number of amides is 1. The van der Waals surface area contributed by atoms with Crippen LogP contribution in [0.25, 0.3) is 0 Å². The highest BCUT2D eigenvalue weighted by Crippen LogP contribution is 2.24. The maximum atomic E-state index is 12.7. The first-order valence-corrected chi connectivity index (χ1v) is 9.75. The second-order valence-electron chi connectivity index (χ2n) is 7.08. The van der Waals surface area contributed by atoms with Crippen LogP contribution in [0, 0.1) is 0 Å². The summed E-state index contributed by atoms with van der Waals surface area (Å²) in [6.45, 7) is 3.37. The number of carbonyl (C=O) groups excluding carboxylic acids is 1. The van der Waals surface area contributed by atoms with Gasteiger partial charge in [0.2, 0.25) is 5.91 Å². The molecule has 0 atom stereocenters. The molecular formula is C22H25F3N2O2. The van der Waals surface area contributed by atoms with E-state index in [1.807, 2.05) is 6.07 Å². The Hall–Kier alpha value is -2.70. The number of piperazine rings is 1. The van der Waals surface area contributed by atoms with Crippen LogP contribution in [0.5, 0.6) is 5.75 Å². The number of alkyl halides is 3. The van der Waals surface area contributed by atoms with E-state index in [-0.39, 0.29) is 18.1 Å². The van der Waals surface area contributed by atoms with Crippen LogP contribution in [-0.4, -0.2) is 49.8 Å². The first kappa shape index (κ1) is 21.0. The number of aryl methyl sites for hydroxylation is 1. The van der Waals surface area contributed by atoms with Crippen molar-refractivity contribution in [2.45, 2.75) is 25.9 Å². The average molecular weight is 406 g/mol. The molecule has 1 aliphatic heterocycles. The van der Waals surface area contributed by atoms with Gasteiger partial charge in [0.1, 0.15) is 5.75 Å². The van der Waals surface area contributed by atoms with Crippen LogP contribution in [0.2, 0.25) is 0 Å². The van der Waals surface area contributed by atoms with E-state index < -0.39 is 12.8 Å². The van der Waals surface area contributed by atoms with Crippen LogP contribution in [0.1, 0.15) is 18.1 Å². The van der Waals surface area contributed by atoms with E-state index in [1.54, 1.807) is 23.1 Å². The third kappa shape index (κ3) is 5.89. The van der Waals surface area contributed by atoms with Crippen LogP contribution in [0.15, 0.2) is 48.5 Å². The maximum Gasteiger partial charge on any atom is 0.422 e. The van der Waals surface area contributed by atoms with Gasteiger partial charge >= 0.3 is 6.18 Å². The van der Waals surface area contributed by atoms with Crippen LogP contribution in [0.3, 0.4) is 0 Å². The number of hydrogen-bond acceptors (Lipinski definition) is 3. The fourth-order valence-corrected chi connectivity index (χ4v) is 3.41. The SMILES string of the molecule is CCc1cccc(N2CCN(C(=O)Cc3ccccc3OCC(F)(F)F)CC2)c1. The number of carbonyl (C=O) groups is 1. The van der Waals surface area contributed by atoms with E-state index in [9.17, 15) is 18.0 Å². The number of ether oxygens (including phenoxy) is 1. The van der Waals surface area contributed by atoms with Crippen molar-refractivity contribution >= 4 is 11.6 Å². The van der Waals surface area contributed by atoms with E-state index in [0.29, 0.717) is 18.7 Å². The summed E-state index contributed by atoms with van der Waals surface area (Å²) in [5.74, 6) is 0.00297. The van der Waals surface area contributed by atoms with E-state index in [0.717, 1.165) is 25.2 Å². The van der Waals surface area contributed by atoms with Gasteiger partial charge in [-0.05, 0) is 30.2 Å². The topological polar surface area (TPSA) is 32.8 Å². The molecular weight excluding hydrogens is 381 g/mol. The fraction of sp³-hybridized carbons (Fsp3) is 0.409. The third-order valence-corrected chi connectivity index (χ3v) is 5.02. The molecule has 1 saturated heterocycles. The van der Waals surface area contributed by atoms with Gasteiger partial charge in [0, 0.05) is 37.4 Å². The summed E-state index contributed by atoms with van der Waals surface area (Å²) >= 11 is 0. The maximum absolute atomic E-state index is 12.7. The van der Waals surface area contributed by atoms with Crippen molar-refractivity contribution in [2.24, 2.45) is 0 Å². The van der Waals surface area contributed by atoms with Crippen molar-refractivity contribution in [1.29, 1.82) is 0 Å². The number of nitrogens with zero attached hydrogens (tertiary/aromatic N) is 2. The standard InChI is InChI=1S/C22H25F3N2O2/c1-2-17-6-5-8-19(14-17)26-10-12-27(13-11-26)21(28)15-18-7-3-4-9-20(18)29-16-22(23,24)25/h3-9,14H,2,10-13,15-16H2,1H3. The minimum Gasteiger partial charge on any atom is -0.484 e. The molecule has 0 spiro atoms. The van der Waals surface area contributed by atoms with Crippen molar-refractivity contribution in [3.63, 3.8) is 0 Å². The smallest absolute Gasteiger partial charge is 0.422 e. The van der Waals surface area contributed by atoms with Gasteiger partial charge in [0.05, 0.1) is 6.42 Å². The van der Waals surface area contributed by atoms with Crippen molar-refractivity contribution in [1.82, 2.24) is 4.90 Å².